The second-order valence-corrected chi connectivity index (χ2v) is 5.40. The zero-order chi connectivity index (χ0) is 14.7. The molecule has 2 N–H and O–H groups in total. The summed E-state index contributed by atoms with van der Waals surface area (Å²) in [5, 5.41) is 0. The van der Waals surface area contributed by atoms with Crippen LogP contribution in [0.2, 0.25) is 0 Å². The molecule has 6 heteroatoms. The highest BCUT2D eigenvalue weighted by molar-refractivity contribution is 5.88. The molecule has 21 heavy (non-hydrogen) atoms. The number of rotatable bonds is 3. The Balaban J connectivity index is 0.00000220. The molecule has 1 heterocycles. The third kappa shape index (κ3) is 4.11. The molecule has 116 valence electrons. The summed E-state index contributed by atoms with van der Waals surface area (Å²) in [5.74, 6) is 0.0145. The maximum atomic E-state index is 12.4. The van der Waals surface area contributed by atoms with Crippen molar-refractivity contribution < 1.29 is 9.59 Å². The summed E-state index contributed by atoms with van der Waals surface area (Å²) < 4.78 is 0. The molecule has 1 saturated heterocycles. The van der Waals surface area contributed by atoms with Crippen molar-refractivity contribution in [2.45, 2.75) is 25.3 Å². The largest absolute Gasteiger partial charge is 0.399 e. The summed E-state index contributed by atoms with van der Waals surface area (Å²) in [7, 11) is 3.45. The minimum Gasteiger partial charge on any atom is -0.399 e. The first kappa shape index (κ1) is 17.3. The summed E-state index contributed by atoms with van der Waals surface area (Å²) in [6.07, 6.45) is 1.96. The van der Waals surface area contributed by atoms with Crippen LogP contribution in [-0.2, 0) is 16.0 Å². The Hall–Kier alpha value is -1.75. The highest BCUT2D eigenvalue weighted by Crippen LogP contribution is 2.20. The maximum absolute atomic E-state index is 12.4. The second kappa shape index (κ2) is 7.31. The highest BCUT2D eigenvalue weighted by atomic mass is 35.5. The lowest BCUT2D eigenvalue weighted by atomic mass is 10.1. The van der Waals surface area contributed by atoms with Gasteiger partial charge in [0.15, 0.2) is 0 Å². The molecular formula is C15H22ClN3O2. The smallest absolute Gasteiger partial charge is 0.244 e. The van der Waals surface area contributed by atoms with Crippen molar-refractivity contribution in [3.63, 3.8) is 0 Å². The van der Waals surface area contributed by atoms with E-state index in [0.717, 1.165) is 18.4 Å². The lowest BCUT2D eigenvalue weighted by Crippen LogP contribution is -2.45. The molecule has 0 bridgehead atoms. The number of hydrogen-bond donors (Lipinski definition) is 1. The van der Waals surface area contributed by atoms with Crippen molar-refractivity contribution in [1.29, 1.82) is 0 Å². The van der Waals surface area contributed by atoms with Crippen LogP contribution in [0.4, 0.5) is 5.69 Å². The topological polar surface area (TPSA) is 66.6 Å². The molecule has 0 aliphatic carbocycles. The van der Waals surface area contributed by atoms with E-state index in [2.05, 4.69) is 0 Å². The van der Waals surface area contributed by atoms with Crippen molar-refractivity contribution in [2.75, 3.05) is 26.4 Å². The first-order chi connectivity index (χ1) is 9.49. The van der Waals surface area contributed by atoms with Gasteiger partial charge in [0, 0.05) is 26.3 Å². The number of amides is 2. The quantitative estimate of drug-likeness (QED) is 0.856. The third-order valence-electron chi connectivity index (χ3n) is 3.63. The molecule has 1 aromatic carbocycles. The number of hydrogen-bond acceptors (Lipinski definition) is 3. The first-order valence-corrected chi connectivity index (χ1v) is 6.84. The SMILES string of the molecule is CN(C)C(=O)C1CCCN1C(=O)Cc1ccc(N)cc1.Cl. The van der Waals surface area contributed by atoms with Crippen LogP contribution in [0, 0.1) is 0 Å². The summed E-state index contributed by atoms with van der Waals surface area (Å²) in [5.41, 5.74) is 7.24. The minimum absolute atomic E-state index is 0. The minimum atomic E-state index is -0.300. The molecule has 0 aromatic heterocycles. The van der Waals surface area contributed by atoms with Crippen LogP contribution in [0.25, 0.3) is 0 Å². The normalized spacial score (nSPS) is 17.2. The molecule has 0 spiro atoms. The molecule has 1 unspecified atom stereocenters. The number of halogens is 1. The fraction of sp³-hybridized carbons (Fsp3) is 0.467. The van der Waals surface area contributed by atoms with Gasteiger partial charge in [-0.15, -0.1) is 12.4 Å². The summed E-state index contributed by atoms with van der Waals surface area (Å²) in [6, 6.07) is 6.98. The van der Waals surface area contributed by atoms with E-state index in [0.29, 0.717) is 18.7 Å². The zero-order valence-corrected chi connectivity index (χ0v) is 13.2. The molecule has 2 amide bonds. The van der Waals surface area contributed by atoms with E-state index in [-0.39, 0.29) is 30.3 Å². The van der Waals surface area contributed by atoms with Gasteiger partial charge in [0.2, 0.25) is 11.8 Å². The van der Waals surface area contributed by atoms with Crippen LogP contribution in [0.1, 0.15) is 18.4 Å². The van der Waals surface area contributed by atoms with Crippen molar-refractivity contribution in [1.82, 2.24) is 9.80 Å². The van der Waals surface area contributed by atoms with E-state index in [9.17, 15) is 9.59 Å². The van der Waals surface area contributed by atoms with Gasteiger partial charge in [-0.05, 0) is 30.5 Å². The Morgan fingerprint density at radius 1 is 1.29 bits per heavy atom. The number of carbonyl (C=O) groups is 2. The second-order valence-electron chi connectivity index (χ2n) is 5.40. The van der Waals surface area contributed by atoms with Crippen molar-refractivity contribution in [2.24, 2.45) is 0 Å². The molecule has 1 aromatic rings. The molecule has 2 rings (SSSR count). The number of carbonyl (C=O) groups excluding carboxylic acids is 2. The van der Waals surface area contributed by atoms with Gasteiger partial charge in [0.05, 0.1) is 6.42 Å². The highest BCUT2D eigenvalue weighted by Gasteiger charge is 2.34. The molecule has 1 atom stereocenters. The van der Waals surface area contributed by atoms with Gasteiger partial charge in [0.25, 0.3) is 0 Å². The van der Waals surface area contributed by atoms with Crippen molar-refractivity contribution in [3.8, 4) is 0 Å². The van der Waals surface area contributed by atoms with Gasteiger partial charge in [-0.25, -0.2) is 0 Å². The van der Waals surface area contributed by atoms with E-state index < -0.39 is 0 Å². The van der Waals surface area contributed by atoms with Crippen molar-refractivity contribution >= 4 is 29.9 Å². The predicted octanol–water partition coefficient (Wildman–Crippen LogP) is 1.31. The Labute approximate surface area is 131 Å². The van der Waals surface area contributed by atoms with Gasteiger partial charge >= 0.3 is 0 Å². The Morgan fingerprint density at radius 2 is 1.90 bits per heavy atom. The zero-order valence-electron chi connectivity index (χ0n) is 12.4. The lowest BCUT2D eigenvalue weighted by Gasteiger charge is -2.26. The monoisotopic (exact) mass is 311 g/mol. The van der Waals surface area contributed by atoms with Gasteiger partial charge in [-0.2, -0.15) is 0 Å². The summed E-state index contributed by atoms with van der Waals surface area (Å²) in [6.45, 7) is 0.665. The number of anilines is 1. The Kier molecular flexibility index (Phi) is 6.03. The Morgan fingerprint density at radius 3 is 2.48 bits per heavy atom. The van der Waals surface area contributed by atoms with E-state index >= 15 is 0 Å². The van der Waals surface area contributed by atoms with E-state index in [1.165, 1.54) is 0 Å². The molecule has 1 aliphatic rings. The fourth-order valence-electron chi connectivity index (χ4n) is 2.53. The standard InChI is InChI=1S/C15H21N3O2.ClH/c1-17(2)15(20)13-4-3-9-18(13)14(19)10-11-5-7-12(16)8-6-11;/h5-8,13H,3-4,9-10,16H2,1-2H3;1H. The number of likely N-dealkylation sites (N-methyl/N-ethyl adjacent to an activating group) is 1. The molecule has 1 fully saturated rings. The van der Waals surface area contributed by atoms with Crippen LogP contribution >= 0.6 is 12.4 Å². The summed E-state index contributed by atoms with van der Waals surface area (Å²) in [4.78, 5) is 27.7. The lowest BCUT2D eigenvalue weighted by molar-refractivity contribution is -0.141. The summed E-state index contributed by atoms with van der Waals surface area (Å²) >= 11 is 0. The third-order valence-corrected chi connectivity index (χ3v) is 3.63. The number of likely N-dealkylation sites (tertiary alicyclic amines) is 1. The van der Waals surface area contributed by atoms with Crippen LogP contribution in [-0.4, -0.2) is 48.3 Å². The first-order valence-electron chi connectivity index (χ1n) is 6.84. The van der Waals surface area contributed by atoms with Crippen LogP contribution in [0.3, 0.4) is 0 Å². The predicted molar refractivity (Wildman–Crippen MR) is 85.2 cm³/mol. The molecule has 5 nitrogen and oxygen atoms in total. The van der Waals surface area contributed by atoms with Gasteiger partial charge in [-0.3, -0.25) is 9.59 Å². The molecular weight excluding hydrogens is 290 g/mol. The average molecular weight is 312 g/mol. The van der Waals surface area contributed by atoms with Crippen LogP contribution in [0.15, 0.2) is 24.3 Å². The number of nitrogen functional groups attached to an aromatic ring is 1. The number of nitrogens with zero attached hydrogens (tertiary/aromatic N) is 2. The number of benzene rings is 1. The van der Waals surface area contributed by atoms with Crippen molar-refractivity contribution in [3.05, 3.63) is 29.8 Å². The maximum Gasteiger partial charge on any atom is 0.244 e. The van der Waals surface area contributed by atoms with Gasteiger partial charge in [0.1, 0.15) is 6.04 Å². The average Bonchev–Trinajstić information content (AvgIpc) is 2.89. The molecule has 1 aliphatic heterocycles. The number of nitrogens with two attached hydrogens (primary N) is 1. The molecule has 0 radical (unpaired) electrons. The van der Waals surface area contributed by atoms with E-state index in [1.807, 2.05) is 12.1 Å². The van der Waals surface area contributed by atoms with Gasteiger partial charge in [-0.1, -0.05) is 12.1 Å². The van der Waals surface area contributed by atoms with E-state index in [1.54, 1.807) is 36.0 Å². The van der Waals surface area contributed by atoms with Gasteiger partial charge < -0.3 is 15.5 Å². The Bertz CT molecular complexity index is 502. The van der Waals surface area contributed by atoms with Crippen LogP contribution in [0.5, 0.6) is 0 Å². The molecule has 0 saturated carbocycles. The van der Waals surface area contributed by atoms with Crippen LogP contribution < -0.4 is 5.73 Å². The fourth-order valence-corrected chi connectivity index (χ4v) is 2.53. The van der Waals surface area contributed by atoms with E-state index in [4.69, 9.17) is 5.73 Å².